The van der Waals surface area contributed by atoms with Gasteiger partial charge < -0.3 is 4.90 Å². The third-order valence-corrected chi connectivity index (χ3v) is 6.38. The Labute approximate surface area is 183 Å². The molecule has 10 nitrogen and oxygen atoms in total. The number of nitrogens with one attached hydrogen (secondary N) is 1. The van der Waals surface area contributed by atoms with E-state index in [1.54, 1.807) is 24.5 Å². The number of fused-ring (bicyclic) bond motifs is 1. The molecular weight excluding hydrogens is 414 g/mol. The maximum atomic E-state index is 13.0. The fourth-order valence-corrected chi connectivity index (χ4v) is 4.66. The number of piperidine rings is 2. The van der Waals surface area contributed by atoms with Gasteiger partial charge in [0.1, 0.15) is 6.04 Å². The lowest BCUT2D eigenvalue weighted by Crippen LogP contribution is -2.54. The van der Waals surface area contributed by atoms with Gasteiger partial charge in [-0.15, -0.1) is 0 Å². The highest BCUT2D eigenvalue weighted by Gasteiger charge is 2.44. The van der Waals surface area contributed by atoms with Crippen molar-refractivity contribution in [3.05, 3.63) is 47.3 Å². The van der Waals surface area contributed by atoms with Crippen LogP contribution in [0.1, 0.15) is 62.8 Å². The van der Waals surface area contributed by atoms with Crippen LogP contribution >= 0.6 is 0 Å². The van der Waals surface area contributed by atoms with E-state index < -0.39 is 29.7 Å². The van der Waals surface area contributed by atoms with E-state index in [0.29, 0.717) is 5.56 Å². The van der Waals surface area contributed by atoms with Crippen molar-refractivity contribution in [2.75, 3.05) is 18.0 Å². The molecule has 1 N–H and O–H groups in total. The standard InChI is InChI=1S/C22H21N5O5/c28-12-13-10-23-26(11-13)14-5-7-25(8-6-14)15-1-2-16-17(9-15)22(32)27(21(16)31)18-3-4-19(29)24-20(18)30/h1-2,9-12,14,18H,3-8H2,(H,24,29,30). The highest BCUT2D eigenvalue weighted by molar-refractivity contribution is 6.23. The molecule has 0 spiro atoms. The first-order chi connectivity index (χ1) is 15.5. The number of anilines is 1. The maximum Gasteiger partial charge on any atom is 0.262 e. The average molecular weight is 435 g/mol. The number of imide groups is 2. The van der Waals surface area contributed by atoms with E-state index in [0.717, 1.165) is 42.8 Å². The Morgan fingerprint density at radius 3 is 2.44 bits per heavy atom. The SMILES string of the molecule is O=Cc1cnn(C2CCN(c3ccc4c(c3)C(=O)N(C3CCC(=O)NC3=O)C4=O)CC2)c1. The van der Waals surface area contributed by atoms with Crippen LogP contribution < -0.4 is 10.2 Å². The summed E-state index contributed by atoms with van der Waals surface area (Å²) in [4.78, 5) is 63.5. The van der Waals surface area contributed by atoms with Gasteiger partial charge in [-0.05, 0) is 37.5 Å². The van der Waals surface area contributed by atoms with Crippen LogP contribution in [-0.4, -0.2) is 63.7 Å². The maximum absolute atomic E-state index is 13.0. The van der Waals surface area contributed by atoms with Gasteiger partial charge in [0.15, 0.2) is 6.29 Å². The van der Waals surface area contributed by atoms with E-state index >= 15 is 0 Å². The van der Waals surface area contributed by atoms with Gasteiger partial charge >= 0.3 is 0 Å². The molecule has 0 bridgehead atoms. The fraction of sp³-hybridized carbons (Fsp3) is 0.364. The predicted octanol–water partition coefficient (Wildman–Crippen LogP) is 0.938. The number of aromatic nitrogens is 2. The molecule has 32 heavy (non-hydrogen) atoms. The molecule has 4 heterocycles. The number of carbonyl (C=O) groups is 5. The van der Waals surface area contributed by atoms with Crippen molar-refractivity contribution < 1.29 is 24.0 Å². The topological polar surface area (TPSA) is 122 Å². The van der Waals surface area contributed by atoms with Gasteiger partial charge in [-0.25, -0.2) is 0 Å². The fourth-order valence-electron chi connectivity index (χ4n) is 4.66. The molecule has 1 unspecified atom stereocenters. The van der Waals surface area contributed by atoms with E-state index in [-0.39, 0.29) is 30.0 Å². The minimum Gasteiger partial charge on any atom is -0.371 e. The van der Waals surface area contributed by atoms with Crippen molar-refractivity contribution in [1.29, 1.82) is 0 Å². The molecule has 164 valence electrons. The Morgan fingerprint density at radius 2 is 1.75 bits per heavy atom. The van der Waals surface area contributed by atoms with Gasteiger partial charge in [0.25, 0.3) is 11.8 Å². The number of hydrogen-bond acceptors (Lipinski definition) is 7. The van der Waals surface area contributed by atoms with Crippen molar-refractivity contribution in [1.82, 2.24) is 20.0 Å². The molecule has 3 aliphatic heterocycles. The smallest absolute Gasteiger partial charge is 0.262 e. The first-order valence-electron chi connectivity index (χ1n) is 10.6. The second-order valence-electron chi connectivity index (χ2n) is 8.27. The van der Waals surface area contributed by atoms with Gasteiger partial charge in [-0.1, -0.05) is 0 Å². The molecule has 0 aliphatic carbocycles. The molecule has 3 aliphatic rings. The van der Waals surface area contributed by atoms with Gasteiger partial charge in [-0.3, -0.25) is 38.9 Å². The summed E-state index contributed by atoms with van der Waals surface area (Å²) >= 11 is 0. The molecule has 5 rings (SSSR count). The molecule has 0 saturated carbocycles. The van der Waals surface area contributed by atoms with Crippen molar-refractivity contribution in [3.8, 4) is 0 Å². The van der Waals surface area contributed by atoms with Crippen LogP contribution in [-0.2, 0) is 9.59 Å². The van der Waals surface area contributed by atoms with Gasteiger partial charge in [0.05, 0.1) is 28.9 Å². The molecule has 1 aromatic carbocycles. The summed E-state index contributed by atoms with van der Waals surface area (Å²) in [5.41, 5.74) is 1.94. The van der Waals surface area contributed by atoms with Crippen molar-refractivity contribution >= 4 is 35.6 Å². The van der Waals surface area contributed by atoms with E-state index in [1.165, 1.54) is 0 Å². The van der Waals surface area contributed by atoms with Crippen LogP contribution in [0, 0.1) is 0 Å². The minimum atomic E-state index is -0.968. The zero-order valence-electron chi connectivity index (χ0n) is 17.2. The number of amides is 4. The molecule has 2 fully saturated rings. The van der Waals surface area contributed by atoms with Gasteiger partial charge in [-0.2, -0.15) is 5.10 Å². The van der Waals surface area contributed by atoms with Crippen molar-refractivity contribution in [3.63, 3.8) is 0 Å². The normalized spacial score (nSPS) is 21.7. The van der Waals surface area contributed by atoms with E-state index in [4.69, 9.17) is 0 Å². The molecule has 2 aromatic rings. The lowest BCUT2D eigenvalue weighted by Gasteiger charge is -2.33. The highest BCUT2D eigenvalue weighted by Crippen LogP contribution is 2.32. The Balaban J connectivity index is 1.31. The van der Waals surface area contributed by atoms with Crippen molar-refractivity contribution in [2.24, 2.45) is 0 Å². The van der Waals surface area contributed by atoms with E-state index in [1.807, 2.05) is 10.7 Å². The van der Waals surface area contributed by atoms with Crippen molar-refractivity contribution in [2.45, 2.75) is 37.8 Å². The Hall–Kier alpha value is -3.82. The molecule has 1 atom stereocenters. The minimum absolute atomic E-state index is 0.0919. The summed E-state index contributed by atoms with van der Waals surface area (Å²) in [5.74, 6) is -2.02. The Kier molecular flexibility index (Phi) is 4.84. The molecular formula is C22H21N5O5. The Morgan fingerprint density at radius 1 is 1.00 bits per heavy atom. The van der Waals surface area contributed by atoms with Crippen LogP contribution in [0.25, 0.3) is 0 Å². The van der Waals surface area contributed by atoms with Crippen LogP contribution in [0.15, 0.2) is 30.6 Å². The summed E-state index contributed by atoms with van der Waals surface area (Å²) < 4.78 is 1.82. The number of nitrogens with zero attached hydrogens (tertiary/aromatic N) is 4. The zero-order valence-corrected chi connectivity index (χ0v) is 17.2. The van der Waals surface area contributed by atoms with Crippen LogP contribution in [0.4, 0.5) is 5.69 Å². The van der Waals surface area contributed by atoms with Gasteiger partial charge in [0.2, 0.25) is 11.8 Å². The third kappa shape index (κ3) is 3.28. The van der Waals surface area contributed by atoms with Crippen LogP contribution in [0.2, 0.25) is 0 Å². The summed E-state index contributed by atoms with van der Waals surface area (Å²) in [5, 5.41) is 6.46. The zero-order chi connectivity index (χ0) is 22.4. The Bertz CT molecular complexity index is 1150. The number of carbonyl (C=O) groups excluding carboxylic acids is 5. The number of aldehydes is 1. The molecule has 4 amide bonds. The molecule has 1 aromatic heterocycles. The summed E-state index contributed by atoms with van der Waals surface area (Å²) in [6.45, 7) is 1.47. The largest absolute Gasteiger partial charge is 0.371 e. The summed E-state index contributed by atoms with van der Waals surface area (Å²) in [6, 6.07) is 4.38. The van der Waals surface area contributed by atoms with E-state index in [9.17, 15) is 24.0 Å². The average Bonchev–Trinajstić information content (AvgIpc) is 3.38. The van der Waals surface area contributed by atoms with Crippen LogP contribution in [0.5, 0.6) is 0 Å². The first kappa shape index (κ1) is 20.1. The summed E-state index contributed by atoms with van der Waals surface area (Å²) in [6.07, 6.45) is 5.95. The third-order valence-electron chi connectivity index (χ3n) is 6.38. The number of hydrogen-bond donors (Lipinski definition) is 1. The van der Waals surface area contributed by atoms with E-state index in [2.05, 4.69) is 15.3 Å². The highest BCUT2D eigenvalue weighted by atomic mass is 16.2. The quantitative estimate of drug-likeness (QED) is 0.560. The lowest BCUT2D eigenvalue weighted by molar-refractivity contribution is -0.136. The summed E-state index contributed by atoms with van der Waals surface area (Å²) in [7, 11) is 0. The second-order valence-corrected chi connectivity index (χ2v) is 8.27. The first-order valence-corrected chi connectivity index (χ1v) is 10.6. The number of rotatable bonds is 4. The monoisotopic (exact) mass is 435 g/mol. The second kappa shape index (κ2) is 7.70. The van der Waals surface area contributed by atoms with Gasteiger partial charge in [0, 0.05) is 31.4 Å². The molecule has 2 saturated heterocycles. The predicted molar refractivity (Wildman–Crippen MR) is 111 cm³/mol. The van der Waals surface area contributed by atoms with Crippen LogP contribution in [0.3, 0.4) is 0 Å². The molecule has 0 radical (unpaired) electrons. The lowest BCUT2D eigenvalue weighted by atomic mass is 10.0. The molecule has 10 heteroatoms. The number of benzene rings is 1.